The van der Waals surface area contributed by atoms with Gasteiger partial charge in [-0.05, 0) is 30.3 Å². The third-order valence-electron chi connectivity index (χ3n) is 6.53. The Bertz CT molecular complexity index is 1510. The Morgan fingerprint density at radius 1 is 0.974 bits per heavy atom. The lowest BCUT2D eigenvalue weighted by atomic mass is 10.1. The first-order valence-corrected chi connectivity index (χ1v) is 11.8. The quantitative estimate of drug-likeness (QED) is 0.335. The lowest BCUT2D eigenvalue weighted by Crippen LogP contribution is -2.48. The van der Waals surface area contributed by atoms with Gasteiger partial charge in [0.25, 0.3) is 5.91 Å². The van der Waals surface area contributed by atoms with Crippen LogP contribution in [-0.4, -0.2) is 63.6 Å². The second-order valence-corrected chi connectivity index (χ2v) is 8.96. The van der Waals surface area contributed by atoms with Gasteiger partial charge in [0.05, 0.1) is 19.0 Å². The minimum Gasteiger partial charge on any atom is -0.497 e. The smallest absolute Gasteiger partial charge is 0.433 e. The summed E-state index contributed by atoms with van der Waals surface area (Å²) >= 11 is 0. The molecule has 0 aliphatic carbocycles. The summed E-state index contributed by atoms with van der Waals surface area (Å²) < 4.78 is 88.7. The topological polar surface area (TPSA) is 63.0 Å². The summed E-state index contributed by atoms with van der Waals surface area (Å²) in [5.74, 6) is -3.08. The van der Waals surface area contributed by atoms with Gasteiger partial charge in [-0.15, -0.1) is 0 Å². The number of amides is 1. The van der Waals surface area contributed by atoms with Crippen LogP contribution in [0.15, 0.2) is 48.7 Å². The molecule has 5 rings (SSSR count). The summed E-state index contributed by atoms with van der Waals surface area (Å²) in [6.45, 7) is 0.632. The monoisotopic (exact) mass is 549 g/mol. The highest BCUT2D eigenvalue weighted by Gasteiger charge is 2.36. The molecule has 3 heterocycles. The number of ether oxygens (including phenoxy) is 1. The van der Waals surface area contributed by atoms with E-state index in [2.05, 4.69) is 10.1 Å². The summed E-state index contributed by atoms with van der Waals surface area (Å²) in [5.41, 5.74) is -1.35. The number of nitrogens with zero attached hydrogens (tertiary/aromatic N) is 5. The highest BCUT2D eigenvalue weighted by molar-refractivity contribution is 6.00. The van der Waals surface area contributed by atoms with Crippen LogP contribution >= 0.6 is 0 Å². The maximum absolute atomic E-state index is 14.0. The van der Waals surface area contributed by atoms with Gasteiger partial charge in [-0.25, -0.2) is 22.7 Å². The van der Waals surface area contributed by atoms with Crippen molar-refractivity contribution in [3.05, 3.63) is 82.9 Å². The predicted molar refractivity (Wildman–Crippen MR) is 127 cm³/mol. The molecule has 0 unspecified atom stereocenters. The summed E-state index contributed by atoms with van der Waals surface area (Å²) in [6.07, 6.45) is -3.72. The zero-order valence-corrected chi connectivity index (χ0v) is 20.5. The average molecular weight is 549 g/mol. The fraction of sp³-hybridized carbons (Fsp3) is 0.269. The van der Waals surface area contributed by atoms with Crippen LogP contribution in [0.5, 0.6) is 5.75 Å². The molecule has 2 aromatic carbocycles. The van der Waals surface area contributed by atoms with E-state index in [0.29, 0.717) is 28.0 Å². The molecule has 1 aliphatic rings. The standard InChI is InChI=1S/C26H21F6N5O2/c1-39-17-4-2-15(3-5-17)22-12-23(26(30,31)32)37-24(34-22)18(13-33-37)25(38)36-8-6-35(7-9-36)14-19-20(28)10-16(27)11-21(19)29/h2-5,10-13H,6-9,14H2,1H3. The summed E-state index contributed by atoms with van der Waals surface area (Å²) in [4.78, 5) is 20.8. The van der Waals surface area contributed by atoms with Crippen molar-refractivity contribution in [2.24, 2.45) is 0 Å². The van der Waals surface area contributed by atoms with Crippen LogP contribution in [-0.2, 0) is 12.7 Å². The van der Waals surface area contributed by atoms with Crippen molar-refractivity contribution in [2.45, 2.75) is 12.7 Å². The molecule has 0 bridgehead atoms. The van der Waals surface area contributed by atoms with Crippen LogP contribution in [0.2, 0.25) is 0 Å². The zero-order chi connectivity index (χ0) is 27.9. The molecule has 13 heteroatoms. The molecule has 0 atom stereocenters. The Balaban J connectivity index is 1.40. The summed E-state index contributed by atoms with van der Waals surface area (Å²) in [6, 6.07) is 8.35. The highest BCUT2D eigenvalue weighted by atomic mass is 19.4. The van der Waals surface area contributed by atoms with Crippen LogP contribution in [0.1, 0.15) is 21.6 Å². The van der Waals surface area contributed by atoms with Gasteiger partial charge >= 0.3 is 6.18 Å². The molecule has 0 N–H and O–H groups in total. The molecule has 0 spiro atoms. The summed E-state index contributed by atoms with van der Waals surface area (Å²) in [5, 5.41) is 3.80. The van der Waals surface area contributed by atoms with Crippen molar-refractivity contribution in [3.8, 4) is 17.0 Å². The number of hydrogen-bond donors (Lipinski definition) is 0. The molecule has 1 fully saturated rings. The molecule has 1 amide bonds. The molecular weight excluding hydrogens is 528 g/mol. The first-order chi connectivity index (χ1) is 18.5. The van der Waals surface area contributed by atoms with Crippen molar-refractivity contribution in [1.82, 2.24) is 24.4 Å². The molecule has 204 valence electrons. The van der Waals surface area contributed by atoms with E-state index >= 15 is 0 Å². The van der Waals surface area contributed by atoms with E-state index in [4.69, 9.17) is 4.74 Å². The van der Waals surface area contributed by atoms with Gasteiger partial charge in [-0.2, -0.15) is 18.3 Å². The Morgan fingerprint density at radius 3 is 2.21 bits per heavy atom. The van der Waals surface area contributed by atoms with Crippen molar-refractivity contribution >= 4 is 11.6 Å². The van der Waals surface area contributed by atoms with Crippen LogP contribution in [0.4, 0.5) is 26.3 Å². The van der Waals surface area contributed by atoms with Gasteiger partial charge in [0.1, 0.15) is 28.8 Å². The molecule has 4 aromatic rings. The van der Waals surface area contributed by atoms with Crippen molar-refractivity contribution in [1.29, 1.82) is 0 Å². The first kappa shape index (κ1) is 26.5. The molecule has 0 radical (unpaired) electrons. The van der Waals surface area contributed by atoms with E-state index in [9.17, 15) is 31.1 Å². The molecule has 0 saturated carbocycles. The van der Waals surface area contributed by atoms with Gasteiger partial charge in [0.15, 0.2) is 11.3 Å². The largest absolute Gasteiger partial charge is 0.497 e. The molecule has 2 aromatic heterocycles. The first-order valence-electron chi connectivity index (χ1n) is 11.8. The second-order valence-electron chi connectivity index (χ2n) is 8.96. The molecule has 7 nitrogen and oxygen atoms in total. The number of fused-ring (bicyclic) bond motifs is 1. The van der Waals surface area contributed by atoms with E-state index in [1.807, 2.05) is 0 Å². The predicted octanol–water partition coefficient (Wildman–Crippen LogP) is 4.80. The van der Waals surface area contributed by atoms with Crippen LogP contribution < -0.4 is 4.74 Å². The normalized spacial score (nSPS) is 14.7. The highest BCUT2D eigenvalue weighted by Crippen LogP contribution is 2.33. The lowest BCUT2D eigenvalue weighted by molar-refractivity contribution is -0.142. The number of alkyl halides is 3. The van der Waals surface area contributed by atoms with E-state index in [1.165, 1.54) is 12.0 Å². The van der Waals surface area contributed by atoms with E-state index < -0.39 is 35.2 Å². The van der Waals surface area contributed by atoms with Crippen LogP contribution in [0.25, 0.3) is 16.9 Å². The Morgan fingerprint density at radius 2 is 1.62 bits per heavy atom. The minimum absolute atomic E-state index is 0.000184. The zero-order valence-electron chi connectivity index (χ0n) is 20.5. The number of piperazine rings is 1. The average Bonchev–Trinajstić information content (AvgIpc) is 3.33. The Kier molecular flexibility index (Phi) is 6.93. The van der Waals surface area contributed by atoms with Gasteiger partial charge in [-0.1, -0.05) is 0 Å². The van der Waals surface area contributed by atoms with E-state index in [1.54, 1.807) is 29.2 Å². The fourth-order valence-electron chi connectivity index (χ4n) is 4.45. The van der Waals surface area contributed by atoms with Crippen LogP contribution in [0.3, 0.4) is 0 Å². The van der Waals surface area contributed by atoms with Crippen molar-refractivity contribution in [3.63, 3.8) is 0 Å². The molecule has 1 saturated heterocycles. The molecule has 39 heavy (non-hydrogen) atoms. The van der Waals surface area contributed by atoms with Gasteiger partial charge < -0.3 is 9.64 Å². The number of carbonyl (C=O) groups excluding carboxylic acids is 1. The summed E-state index contributed by atoms with van der Waals surface area (Å²) in [7, 11) is 1.46. The Labute approximate surface area is 218 Å². The number of carbonyl (C=O) groups is 1. The maximum Gasteiger partial charge on any atom is 0.433 e. The third-order valence-corrected chi connectivity index (χ3v) is 6.53. The molecular formula is C26H21F6N5O2. The maximum atomic E-state index is 14.0. The fourth-order valence-corrected chi connectivity index (χ4v) is 4.45. The lowest BCUT2D eigenvalue weighted by Gasteiger charge is -2.34. The van der Waals surface area contributed by atoms with Gasteiger partial charge in [-0.3, -0.25) is 9.69 Å². The third kappa shape index (κ3) is 5.26. The number of halogens is 6. The number of aromatic nitrogens is 3. The van der Waals surface area contributed by atoms with Gasteiger partial charge in [0, 0.05) is 56.0 Å². The van der Waals surface area contributed by atoms with E-state index in [-0.39, 0.29) is 55.2 Å². The van der Waals surface area contributed by atoms with Crippen LogP contribution in [0, 0.1) is 17.5 Å². The SMILES string of the molecule is COc1ccc(-c2cc(C(F)(F)F)n3ncc(C(=O)N4CCN(Cc5c(F)cc(F)cc5F)CC4)c3n2)cc1. The second kappa shape index (κ2) is 10.2. The number of hydrogen-bond acceptors (Lipinski definition) is 5. The van der Waals surface area contributed by atoms with Crippen molar-refractivity contribution < 1.29 is 35.9 Å². The Hall–Kier alpha value is -4.13. The number of benzene rings is 2. The van der Waals surface area contributed by atoms with E-state index in [0.717, 1.165) is 12.3 Å². The van der Waals surface area contributed by atoms with Gasteiger partial charge in [0.2, 0.25) is 0 Å². The molecule has 1 aliphatic heterocycles. The van der Waals surface area contributed by atoms with Crippen molar-refractivity contribution in [2.75, 3.05) is 33.3 Å². The number of methoxy groups -OCH3 is 1. The minimum atomic E-state index is -4.77. The number of rotatable bonds is 5.